The van der Waals surface area contributed by atoms with E-state index in [-0.39, 0.29) is 11.7 Å². The van der Waals surface area contributed by atoms with Crippen LogP contribution >= 0.6 is 0 Å². The first-order chi connectivity index (χ1) is 7.77. The fourth-order valence-corrected chi connectivity index (χ4v) is 1.96. The molecule has 0 N–H and O–H groups in total. The second-order valence-electron chi connectivity index (χ2n) is 4.05. The van der Waals surface area contributed by atoms with E-state index in [0.29, 0.717) is 0 Å². The minimum absolute atomic E-state index is 0.0200. The van der Waals surface area contributed by atoms with E-state index in [1.807, 2.05) is 0 Å². The molecular formula is C12H15NO3. The quantitative estimate of drug-likeness (QED) is 0.730. The van der Waals surface area contributed by atoms with Crippen molar-refractivity contribution in [1.82, 2.24) is 4.57 Å². The molecule has 0 radical (unpaired) electrons. The van der Waals surface area contributed by atoms with Crippen LogP contribution in [0.15, 0.2) is 29.2 Å². The van der Waals surface area contributed by atoms with E-state index in [4.69, 9.17) is 4.74 Å². The van der Waals surface area contributed by atoms with Gasteiger partial charge in [0.15, 0.2) is 0 Å². The molecule has 4 nitrogen and oxygen atoms in total. The highest BCUT2D eigenvalue weighted by Gasteiger charge is 2.18. The van der Waals surface area contributed by atoms with Crippen molar-refractivity contribution in [3.8, 4) is 0 Å². The molecule has 86 valence electrons. The second-order valence-corrected chi connectivity index (χ2v) is 4.05. The van der Waals surface area contributed by atoms with Gasteiger partial charge in [-0.1, -0.05) is 12.5 Å². The fourth-order valence-electron chi connectivity index (χ4n) is 1.96. The van der Waals surface area contributed by atoms with Gasteiger partial charge in [-0.2, -0.15) is 0 Å². The minimum atomic E-state index is -0.558. The Kier molecular flexibility index (Phi) is 3.39. The summed E-state index contributed by atoms with van der Waals surface area (Å²) in [5, 5.41) is 0. The summed E-state index contributed by atoms with van der Waals surface area (Å²) in [5.41, 5.74) is -0.344. The number of pyridine rings is 1. The lowest BCUT2D eigenvalue weighted by Gasteiger charge is -2.21. The summed E-state index contributed by atoms with van der Waals surface area (Å²) in [6, 6.07) is 4.60. The third-order valence-electron chi connectivity index (χ3n) is 2.84. The number of ether oxygens (including phenoxy) is 1. The van der Waals surface area contributed by atoms with Crippen LogP contribution in [0.1, 0.15) is 32.1 Å². The van der Waals surface area contributed by atoms with Crippen LogP contribution in [-0.2, 0) is 4.74 Å². The molecule has 4 heteroatoms. The maximum absolute atomic E-state index is 11.7. The average molecular weight is 221 g/mol. The van der Waals surface area contributed by atoms with Gasteiger partial charge in [0.25, 0.3) is 5.56 Å². The van der Waals surface area contributed by atoms with Crippen molar-refractivity contribution in [1.29, 1.82) is 0 Å². The Balaban J connectivity index is 2.02. The number of aromatic nitrogens is 1. The van der Waals surface area contributed by atoms with Gasteiger partial charge >= 0.3 is 6.09 Å². The third kappa shape index (κ3) is 2.51. The molecule has 1 aromatic rings. The van der Waals surface area contributed by atoms with Gasteiger partial charge in [-0.15, -0.1) is 0 Å². The molecule has 1 fully saturated rings. The number of carbonyl (C=O) groups excluding carboxylic acids is 1. The van der Waals surface area contributed by atoms with E-state index in [0.717, 1.165) is 30.3 Å². The van der Waals surface area contributed by atoms with Crippen molar-refractivity contribution in [2.24, 2.45) is 0 Å². The Hall–Kier alpha value is -1.58. The summed E-state index contributed by atoms with van der Waals surface area (Å²) in [7, 11) is 0. The molecule has 1 aromatic heterocycles. The lowest BCUT2D eigenvalue weighted by Crippen LogP contribution is -2.30. The molecular weight excluding hydrogens is 206 g/mol. The minimum Gasteiger partial charge on any atom is -0.446 e. The van der Waals surface area contributed by atoms with E-state index in [2.05, 4.69) is 0 Å². The van der Waals surface area contributed by atoms with E-state index in [9.17, 15) is 9.59 Å². The molecule has 2 rings (SSSR count). The largest absolute Gasteiger partial charge is 0.446 e. The zero-order chi connectivity index (χ0) is 11.4. The zero-order valence-electron chi connectivity index (χ0n) is 9.09. The van der Waals surface area contributed by atoms with Gasteiger partial charge in [0.05, 0.1) is 0 Å². The number of hydrogen-bond donors (Lipinski definition) is 0. The van der Waals surface area contributed by atoms with Gasteiger partial charge in [0.2, 0.25) is 0 Å². The van der Waals surface area contributed by atoms with Gasteiger partial charge in [-0.25, -0.2) is 9.36 Å². The topological polar surface area (TPSA) is 48.3 Å². The van der Waals surface area contributed by atoms with Crippen LogP contribution in [-0.4, -0.2) is 16.8 Å². The molecule has 0 saturated heterocycles. The fraction of sp³-hybridized carbons (Fsp3) is 0.500. The summed E-state index contributed by atoms with van der Waals surface area (Å²) in [5.74, 6) is 0. The summed E-state index contributed by atoms with van der Waals surface area (Å²) in [6.07, 6.45) is 6.09. The maximum Gasteiger partial charge on any atom is 0.421 e. The molecule has 1 heterocycles. The lowest BCUT2D eigenvalue weighted by atomic mass is 9.98. The molecule has 1 aliphatic carbocycles. The molecule has 0 bridgehead atoms. The van der Waals surface area contributed by atoms with Gasteiger partial charge in [0.1, 0.15) is 6.10 Å². The van der Waals surface area contributed by atoms with Crippen LogP contribution in [0.2, 0.25) is 0 Å². The highest BCUT2D eigenvalue weighted by Crippen LogP contribution is 2.20. The highest BCUT2D eigenvalue weighted by molar-refractivity contribution is 5.70. The first-order valence-corrected chi connectivity index (χ1v) is 5.66. The van der Waals surface area contributed by atoms with Crippen molar-refractivity contribution >= 4 is 6.09 Å². The van der Waals surface area contributed by atoms with Crippen LogP contribution in [0.5, 0.6) is 0 Å². The van der Waals surface area contributed by atoms with Crippen molar-refractivity contribution < 1.29 is 9.53 Å². The predicted octanol–water partition coefficient (Wildman–Crippen LogP) is 2.17. The summed E-state index contributed by atoms with van der Waals surface area (Å²) < 4.78 is 6.29. The van der Waals surface area contributed by atoms with Gasteiger partial charge in [-0.3, -0.25) is 4.79 Å². The second kappa shape index (κ2) is 4.96. The highest BCUT2D eigenvalue weighted by atomic mass is 16.6. The van der Waals surface area contributed by atoms with Crippen LogP contribution in [0.25, 0.3) is 0 Å². The van der Waals surface area contributed by atoms with E-state index < -0.39 is 6.09 Å². The van der Waals surface area contributed by atoms with Gasteiger partial charge in [0, 0.05) is 12.3 Å². The van der Waals surface area contributed by atoms with Crippen LogP contribution in [0.3, 0.4) is 0 Å². The van der Waals surface area contributed by atoms with E-state index >= 15 is 0 Å². The smallest absolute Gasteiger partial charge is 0.421 e. The SMILES string of the molecule is O=C(OC1CCCCC1)n1ccccc1=O. The molecule has 1 aliphatic rings. The number of nitrogens with zero attached hydrogens (tertiary/aromatic N) is 1. The van der Waals surface area contributed by atoms with E-state index in [1.165, 1.54) is 18.7 Å². The van der Waals surface area contributed by atoms with Gasteiger partial charge < -0.3 is 4.74 Å². The Morgan fingerprint density at radius 1 is 1.25 bits per heavy atom. The predicted molar refractivity (Wildman–Crippen MR) is 59.5 cm³/mol. The molecule has 16 heavy (non-hydrogen) atoms. The summed E-state index contributed by atoms with van der Waals surface area (Å²) in [4.78, 5) is 23.0. The van der Waals surface area contributed by atoms with E-state index in [1.54, 1.807) is 12.1 Å². The van der Waals surface area contributed by atoms with Crippen molar-refractivity contribution in [3.63, 3.8) is 0 Å². The van der Waals surface area contributed by atoms with Gasteiger partial charge in [-0.05, 0) is 31.7 Å². The third-order valence-corrected chi connectivity index (χ3v) is 2.84. The molecule has 0 unspecified atom stereocenters. The molecule has 0 aromatic carbocycles. The Morgan fingerprint density at radius 3 is 2.69 bits per heavy atom. The first kappa shape index (κ1) is 10.9. The average Bonchev–Trinajstić information content (AvgIpc) is 2.31. The molecule has 0 spiro atoms. The number of hydrogen-bond acceptors (Lipinski definition) is 3. The molecule has 1 saturated carbocycles. The Morgan fingerprint density at radius 2 is 2.00 bits per heavy atom. The van der Waals surface area contributed by atoms with Crippen LogP contribution in [0, 0.1) is 0 Å². The lowest BCUT2D eigenvalue weighted by molar-refractivity contribution is 0.0757. The Bertz CT molecular complexity index is 418. The zero-order valence-corrected chi connectivity index (χ0v) is 9.09. The van der Waals surface area contributed by atoms with Crippen molar-refractivity contribution in [2.75, 3.05) is 0 Å². The number of carbonyl (C=O) groups is 1. The van der Waals surface area contributed by atoms with Crippen LogP contribution < -0.4 is 5.56 Å². The molecule has 0 atom stereocenters. The maximum atomic E-state index is 11.7. The summed E-state index contributed by atoms with van der Waals surface area (Å²) in [6.45, 7) is 0. The normalized spacial score (nSPS) is 17.0. The van der Waals surface area contributed by atoms with Crippen molar-refractivity contribution in [2.45, 2.75) is 38.2 Å². The van der Waals surface area contributed by atoms with Crippen molar-refractivity contribution in [3.05, 3.63) is 34.7 Å². The monoisotopic (exact) mass is 221 g/mol. The number of rotatable bonds is 1. The standard InChI is InChI=1S/C12H15NO3/c14-11-8-4-5-9-13(11)12(15)16-10-6-2-1-3-7-10/h4-5,8-10H,1-3,6-7H2. The molecule has 0 aliphatic heterocycles. The Labute approximate surface area is 93.8 Å². The summed E-state index contributed by atoms with van der Waals surface area (Å²) >= 11 is 0. The molecule has 0 amide bonds. The van der Waals surface area contributed by atoms with Crippen LogP contribution in [0.4, 0.5) is 4.79 Å². The first-order valence-electron chi connectivity index (χ1n) is 5.66.